The van der Waals surface area contributed by atoms with Gasteiger partial charge >= 0.3 is 37.7 Å². The molecule has 0 amide bonds. The summed E-state index contributed by atoms with van der Waals surface area (Å²) in [5.74, 6) is 0. The van der Waals surface area contributed by atoms with Crippen LogP contribution in [-0.4, -0.2) is 44.0 Å². The number of unbranched alkanes of at least 4 members (excludes halogenated alkanes) is 2. The zero-order valence-corrected chi connectivity index (χ0v) is 7.02. The number of rotatable bonds is 3. The van der Waals surface area contributed by atoms with Gasteiger partial charge in [0, 0.05) is 6.42 Å². The van der Waals surface area contributed by atoms with Crippen LogP contribution < -0.4 is 0 Å². The number of aldehydes is 1. The molecule has 0 radical (unpaired) electrons. The Morgan fingerprint density at radius 3 is 2.43 bits per heavy atom. The van der Waals surface area contributed by atoms with Crippen molar-refractivity contribution >= 4 is 44.0 Å². The fourth-order valence-electron chi connectivity index (χ4n) is 0.287. The van der Waals surface area contributed by atoms with E-state index in [1.54, 1.807) is 0 Å². The zero-order valence-electron chi connectivity index (χ0n) is 6.81. The number of hydrogen-bond donors (Lipinski definition) is 0. The fraction of sp³-hybridized carbons (Fsp3) is 0.800. The third-order valence-corrected chi connectivity index (χ3v) is 0.676. The molecular formula is C5H12CaO. The average molecular weight is 128 g/mol. The summed E-state index contributed by atoms with van der Waals surface area (Å²) in [7, 11) is 0. The van der Waals surface area contributed by atoms with E-state index in [2.05, 4.69) is 6.92 Å². The minimum absolute atomic E-state index is 0. The monoisotopic (exact) mass is 128 g/mol. The summed E-state index contributed by atoms with van der Waals surface area (Å²) in [6.07, 6.45) is 3.86. The molecule has 0 spiro atoms. The molecule has 0 aliphatic heterocycles. The molecular weight excluding hydrogens is 116 g/mol. The van der Waals surface area contributed by atoms with Crippen LogP contribution in [0, 0.1) is 0 Å². The number of carbonyl (C=O) groups is 1. The SMILES string of the molecule is CCCCC=O.[Ca+2].[H-].[H-]. The molecule has 0 fully saturated rings. The second kappa shape index (κ2) is 10.0. The van der Waals surface area contributed by atoms with E-state index < -0.39 is 0 Å². The van der Waals surface area contributed by atoms with Crippen molar-refractivity contribution in [2.45, 2.75) is 26.2 Å². The van der Waals surface area contributed by atoms with Gasteiger partial charge in [0.2, 0.25) is 0 Å². The third-order valence-electron chi connectivity index (χ3n) is 0.676. The van der Waals surface area contributed by atoms with Gasteiger partial charge in [-0.05, 0) is 6.42 Å². The van der Waals surface area contributed by atoms with Gasteiger partial charge in [-0.1, -0.05) is 13.3 Å². The van der Waals surface area contributed by atoms with Gasteiger partial charge in [0.15, 0.2) is 0 Å². The van der Waals surface area contributed by atoms with Crippen molar-refractivity contribution < 1.29 is 7.65 Å². The zero-order chi connectivity index (χ0) is 4.83. The summed E-state index contributed by atoms with van der Waals surface area (Å²) < 4.78 is 0. The van der Waals surface area contributed by atoms with Crippen LogP contribution in [0.1, 0.15) is 29.0 Å². The van der Waals surface area contributed by atoms with Crippen LogP contribution in [0.5, 0.6) is 0 Å². The van der Waals surface area contributed by atoms with Crippen molar-refractivity contribution in [2.24, 2.45) is 0 Å². The molecule has 0 unspecified atom stereocenters. The van der Waals surface area contributed by atoms with Gasteiger partial charge in [-0.15, -0.1) is 0 Å². The first-order valence-electron chi connectivity index (χ1n) is 2.35. The van der Waals surface area contributed by atoms with Crippen molar-refractivity contribution in [1.82, 2.24) is 0 Å². The smallest absolute Gasteiger partial charge is 1.00 e. The van der Waals surface area contributed by atoms with E-state index in [4.69, 9.17) is 0 Å². The molecule has 0 rings (SSSR count). The molecule has 0 aromatic rings. The van der Waals surface area contributed by atoms with Gasteiger partial charge in [-0.2, -0.15) is 0 Å². The van der Waals surface area contributed by atoms with Crippen LogP contribution in [0.15, 0.2) is 0 Å². The van der Waals surface area contributed by atoms with Crippen molar-refractivity contribution in [3.63, 3.8) is 0 Å². The third kappa shape index (κ3) is 10.9. The summed E-state index contributed by atoms with van der Waals surface area (Å²) >= 11 is 0. The van der Waals surface area contributed by atoms with E-state index in [9.17, 15) is 4.79 Å². The van der Waals surface area contributed by atoms with E-state index >= 15 is 0 Å². The largest absolute Gasteiger partial charge is 2.00 e. The molecule has 0 atom stereocenters. The molecule has 0 N–H and O–H groups in total. The van der Waals surface area contributed by atoms with Crippen LogP contribution in [-0.2, 0) is 4.79 Å². The van der Waals surface area contributed by atoms with Crippen LogP contribution in [0.2, 0.25) is 0 Å². The maximum absolute atomic E-state index is 9.56. The molecule has 0 bridgehead atoms. The molecule has 7 heavy (non-hydrogen) atoms. The first-order chi connectivity index (χ1) is 2.91. The average Bonchev–Trinajstić information content (AvgIpc) is 1.61. The maximum Gasteiger partial charge on any atom is 2.00 e. The summed E-state index contributed by atoms with van der Waals surface area (Å²) in [4.78, 5) is 9.56. The predicted molar refractivity (Wildman–Crippen MR) is 33.6 cm³/mol. The molecule has 0 aromatic carbocycles. The Morgan fingerprint density at radius 1 is 1.71 bits per heavy atom. The Balaban J connectivity index is -0.0000000417. The summed E-state index contributed by atoms with van der Waals surface area (Å²) in [6.45, 7) is 2.07. The molecule has 0 aliphatic rings. The van der Waals surface area contributed by atoms with Crippen molar-refractivity contribution in [3.05, 3.63) is 0 Å². The molecule has 0 heterocycles. The van der Waals surface area contributed by atoms with Crippen LogP contribution in [0.3, 0.4) is 0 Å². The normalized spacial score (nSPS) is 7.00. The fourth-order valence-corrected chi connectivity index (χ4v) is 0.287. The number of carbonyl (C=O) groups excluding carboxylic acids is 1. The minimum Gasteiger partial charge on any atom is -1.00 e. The predicted octanol–water partition coefficient (Wildman–Crippen LogP) is 1.22. The first-order valence-corrected chi connectivity index (χ1v) is 2.35. The molecule has 0 saturated heterocycles. The van der Waals surface area contributed by atoms with E-state index in [1.807, 2.05) is 0 Å². The molecule has 2 heteroatoms. The molecule has 1 nitrogen and oxygen atoms in total. The van der Waals surface area contributed by atoms with Crippen molar-refractivity contribution in [3.8, 4) is 0 Å². The Kier molecular flexibility index (Phi) is 15.5. The summed E-state index contributed by atoms with van der Waals surface area (Å²) in [5.41, 5.74) is 0. The Hall–Kier alpha value is 0.930. The minimum atomic E-state index is 0. The van der Waals surface area contributed by atoms with Gasteiger partial charge in [0.25, 0.3) is 0 Å². The topological polar surface area (TPSA) is 17.1 Å². The van der Waals surface area contributed by atoms with E-state index in [-0.39, 0.29) is 40.6 Å². The molecule has 40 valence electrons. The molecule has 0 aliphatic carbocycles. The van der Waals surface area contributed by atoms with E-state index in [0.717, 1.165) is 25.5 Å². The van der Waals surface area contributed by atoms with Gasteiger partial charge in [0.05, 0.1) is 0 Å². The standard InChI is InChI=1S/C5H10O.Ca.2H/c1-2-3-4-5-6;;;/h5H,2-4H2,1H3;;;/q;+2;2*-1. The Morgan fingerprint density at radius 2 is 2.29 bits per heavy atom. The quantitative estimate of drug-likeness (QED) is 0.317. The number of hydrogen-bond acceptors (Lipinski definition) is 1. The second-order valence-electron chi connectivity index (χ2n) is 1.31. The van der Waals surface area contributed by atoms with E-state index in [0.29, 0.717) is 0 Å². The van der Waals surface area contributed by atoms with Crippen molar-refractivity contribution in [2.75, 3.05) is 0 Å². The Bertz CT molecular complexity index is 43.9. The van der Waals surface area contributed by atoms with Crippen LogP contribution in [0.25, 0.3) is 0 Å². The second-order valence-corrected chi connectivity index (χ2v) is 1.31. The van der Waals surface area contributed by atoms with Gasteiger partial charge in [0.1, 0.15) is 6.29 Å². The van der Waals surface area contributed by atoms with Gasteiger partial charge in [-0.3, -0.25) is 0 Å². The summed E-state index contributed by atoms with van der Waals surface area (Å²) in [6, 6.07) is 0. The maximum atomic E-state index is 9.56. The molecule has 0 saturated carbocycles. The van der Waals surface area contributed by atoms with Crippen LogP contribution >= 0.6 is 0 Å². The summed E-state index contributed by atoms with van der Waals surface area (Å²) in [5, 5.41) is 0. The van der Waals surface area contributed by atoms with Crippen molar-refractivity contribution in [1.29, 1.82) is 0 Å². The Labute approximate surface area is 77.4 Å². The van der Waals surface area contributed by atoms with E-state index in [1.165, 1.54) is 0 Å². The van der Waals surface area contributed by atoms with Gasteiger partial charge in [-0.25, -0.2) is 0 Å². The van der Waals surface area contributed by atoms with Crippen LogP contribution in [0.4, 0.5) is 0 Å². The molecule has 0 aromatic heterocycles. The van der Waals surface area contributed by atoms with Gasteiger partial charge < -0.3 is 7.65 Å². The first kappa shape index (κ1) is 10.8.